The van der Waals surface area contributed by atoms with E-state index in [-0.39, 0.29) is 23.9 Å². The Morgan fingerprint density at radius 2 is 2.24 bits per heavy atom. The van der Waals surface area contributed by atoms with Crippen molar-refractivity contribution in [2.75, 3.05) is 0 Å². The normalized spacial score (nSPS) is 10.2. The zero-order valence-corrected chi connectivity index (χ0v) is 9.29. The minimum absolute atomic E-state index is 0.159. The Kier molecular flexibility index (Phi) is 3.04. The molecule has 2 N–H and O–H groups in total. The maximum Gasteiger partial charge on any atom is 0.273 e. The fraction of sp³-hybridized carbons (Fsp3) is 0.182. The number of nitrogens with zero attached hydrogens (tertiary/aromatic N) is 3. The Morgan fingerprint density at radius 1 is 1.47 bits per heavy atom. The number of hydrogen-bond donors (Lipinski definition) is 2. The van der Waals surface area contributed by atoms with Crippen LogP contribution >= 0.6 is 0 Å². The van der Waals surface area contributed by atoms with Crippen molar-refractivity contribution in [2.45, 2.75) is 6.54 Å². The van der Waals surface area contributed by atoms with Gasteiger partial charge in [0.05, 0.1) is 6.20 Å². The van der Waals surface area contributed by atoms with Crippen LogP contribution in [0.2, 0.25) is 0 Å². The van der Waals surface area contributed by atoms with Crippen molar-refractivity contribution in [1.29, 1.82) is 0 Å². The number of hydrogen-bond acceptors (Lipinski definition) is 4. The average molecular weight is 232 g/mol. The van der Waals surface area contributed by atoms with Crippen molar-refractivity contribution in [3.8, 4) is 5.75 Å². The molecule has 2 rings (SSSR count). The molecular formula is C11H12N4O2. The average Bonchev–Trinajstić information content (AvgIpc) is 2.74. The van der Waals surface area contributed by atoms with Crippen LogP contribution in [0.3, 0.4) is 0 Å². The molecule has 0 saturated carbocycles. The molecule has 17 heavy (non-hydrogen) atoms. The van der Waals surface area contributed by atoms with Gasteiger partial charge >= 0.3 is 0 Å². The van der Waals surface area contributed by atoms with Gasteiger partial charge in [-0.15, -0.1) is 5.10 Å². The standard InChI is InChI=1S/C11H12N4O2/c1-15-7-9(13-14-15)11(17)12-6-8-4-2-3-5-10(8)16/h2-5,7,16H,6H2,1H3,(H,12,17). The van der Waals surface area contributed by atoms with Crippen LogP contribution in [0.5, 0.6) is 5.75 Å². The summed E-state index contributed by atoms with van der Waals surface area (Å²) in [5.74, 6) is -0.159. The van der Waals surface area contributed by atoms with Gasteiger partial charge in [-0.2, -0.15) is 0 Å². The number of carbonyl (C=O) groups excluding carboxylic acids is 1. The van der Waals surface area contributed by atoms with Crippen molar-refractivity contribution in [2.24, 2.45) is 7.05 Å². The molecule has 0 fully saturated rings. The molecule has 0 radical (unpaired) electrons. The molecule has 1 aromatic heterocycles. The minimum Gasteiger partial charge on any atom is -0.508 e. The zero-order valence-electron chi connectivity index (χ0n) is 9.29. The number of phenolic OH excluding ortho intramolecular Hbond substituents is 1. The first kappa shape index (κ1) is 11.1. The molecule has 0 saturated heterocycles. The van der Waals surface area contributed by atoms with E-state index < -0.39 is 0 Å². The molecule has 2 aromatic rings. The number of aromatic hydroxyl groups is 1. The van der Waals surface area contributed by atoms with E-state index in [0.29, 0.717) is 5.56 Å². The number of nitrogens with one attached hydrogen (secondary N) is 1. The highest BCUT2D eigenvalue weighted by atomic mass is 16.3. The number of phenols is 1. The monoisotopic (exact) mass is 232 g/mol. The first-order valence-electron chi connectivity index (χ1n) is 5.08. The van der Waals surface area contributed by atoms with Crippen LogP contribution < -0.4 is 5.32 Å². The highest BCUT2D eigenvalue weighted by molar-refractivity contribution is 5.91. The molecule has 1 heterocycles. The predicted octanol–water partition coefficient (Wildman–Crippen LogP) is 0.451. The van der Waals surface area contributed by atoms with Gasteiger partial charge in [0, 0.05) is 19.2 Å². The van der Waals surface area contributed by atoms with Gasteiger partial charge in [0.15, 0.2) is 5.69 Å². The van der Waals surface area contributed by atoms with E-state index in [1.54, 1.807) is 31.3 Å². The summed E-state index contributed by atoms with van der Waals surface area (Å²) in [7, 11) is 1.69. The second kappa shape index (κ2) is 4.65. The molecular weight excluding hydrogens is 220 g/mol. The van der Waals surface area contributed by atoms with Gasteiger partial charge in [-0.3, -0.25) is 9.48 Å². The van der Waals surface area contributed by atoms with Gasteiger partial charge in [-0.25, -0.2) is 0 Å². The molecule has 88 valence electrons. The number of aromatic nitrogens is 3. The molecule has 0 aliphatic heterocycles. The van der Waals surface area contributed by atoms with Gasteiger partial charge in [0.25, 0.3) is 5.91 Å². The number of rotatable bonds is 3. The van der Waals surface area contributed by atoms with E-state index in [1.807, 2.05) is 0 Å². The van der Waals surface area contributed by atoms with Crippen LogP contribution in [-0.4, -0.2) is 26.0 Å². The number of para-hydroxylation sites is 1. The summed E-state index contributed by atoms with van der Waals surface area (Å²) in [6, 6.07) is 6.84. The summed E-state index contributed by atoms with van der Waals surface area (Å²) >= 11 is 0. The molecule has 0 aliphatic carbocycles. The predicted molar refractivity (Wildman–Crippen MR) is 60.3 cm³/mol. The lowest BCUT2D eigenvalue weighted by molar-refractivity contribution is 0.0945. The van der Waals surface area contributed by atoms with Crippen molar-refractivity contribution in [3.63, 3.8) is 0 Å². The third kappa shape index (κ3) is 2.60. The van der Waals surface area contributed by atoms with E-state index in [2.05, 4.69) is 15.6 Å². The Balaban J connectivity index is 1.99. The summed E-state index contributed by atoms with van der Waals surface area (Å²) < 4.78 is 1.45. The maximum atomic E-state index is 11.6. The van der Waals surface area contributed by atoms with Crippen LogP contribution in [0.1, 0.15) is 16.1 Å². The van der Waals surface area contributed by atoms with Crippen molar-refractivity contribution < 1.29 is 9.90 Å². The van der Waals surface area contributed by atoms with Crippen molar-refractivity contribution in [1.82, 2.24) is 20.3 Å². The third-order valence-electron chi connectivity index (χ3n) is 2.27. The topological polar surface area (TPSA) is 80.0 Å². The molecule has 1 aromatic carbocycles. The molecule has 0 aliphatic rings. The Labute approximate surface area is 97.9 Å². The summed E-state index contributed by atoms with van der Waals surface area (Å²) in [4.78, 5) is 11.6. The second-order valence-electron chi connectivity index (χ2n) is 3.59. The smallest absolute Gasteiger partial charge is 0.273 e. The van der Waals surface area contributed by atoms with E-state index in [9.17, 15) is 9.90 Å². The van der Waals surface area contributed by atoms with E-state index in [0.717, 1.165) is 0 Å². The Bertz CT molecular complexity index is 536. The summed E-state index contributed by atoms with van der Waals surface area (Å²) in [6.45, 7) is 0.252. The van der Waals surface area contributed by atoms with Gasteiger partial charge in [-0.1, -0.05) is 23.4 Å². The largest absolute Gasteiger partial charge is 0.508 e. The van der Waals surface area contributed by atoms with E-state index in [4.69, 9.17) is 0 Å². The van der Waals surface area contributed by atoms with Crippen LogP contribution in [0.15, 0.2) is 30.5 Å². The van der Waals surface area contributed by atoms with Crippen LogP contribution in [0, 0.1) is 0 Å². The molecule has 0 unspecified atom stereocenters. The van der Waals surface area contributed by atoms with Gasteiger partial charge < -0.3 is 10.4 Å². The lowest BCUT2D eigenvalue weighted by Gasteiger charge is -2.04. The van der Waals surface area contributed by atoms with Crippen LogP contribution in [0.25, 0.3) is 0 Å². The number of amides is 1. The summed E-state index contributed by atoms with van der Waals surface area (Å²) in [5, 5.41) is 19.5. The second-order valence-corrected chi connectivity index (χ2v) is 3.59. The lowest BCUT2D eigenvalue weighted by Crippen LogP contribution is -2.23. The van der Waals surface area contributed by atoms with Crippen molar-refractivity contribution >= 4 is 5.91 Å². The maximum absolute atomic E-state index is 11.6. The zero-order chi connectivity index (χ0) is 12.3. The lowest BCUT2D eigenvalue weighted by atomic mass is 10.2. The third-order valence-corrected chi connectivity index (χ3v) is 2.27. The first-order valence-corrected chi connectivity index (χ1v) is 5.08. The SMILES string of the molecule is Cn1cc(C(=O)NCc2ccccc2O)nn1. The summed E-state index contributed by atoms with van der Waals surface area (Å²) in [6.07, 6.45) is 1.53. The van der Waals surface area contributed by atoms with Gasteiger partial charge in [-0.05, 0) is 6.07 Å². The molecule has 6 nitrogen and oxygen atoms in total. The van der Waals surface area contributed by atoms with Crippen LogP contribution in [0.4, 0.5) is 0 Å². The highest BCUT2D eigenvalue weighted by Crippen LogP contribution is 2.14. The van der Waals surface area contributed by atoms with Gasteiger partial charge in [0.1, 0.15) is 5.75 Å². The molecule has 0 spiro atoms. The molecule has 1 amide bonds. The molecule has 6 heteroatoms. The Morgan fingerprint density at radius 3 is 2.88 bits per heavy atom. The molecule has 0 atom stereocenters. The highest BCUT2D eigenvalue weighted by Gasteiger charge is 2.09. The fourth-order valence-corrected chi connectivity index (χ4v) is 1.38. The minimum atomic E-state index is -0.318. The fourth-order valence-electron chi connectivity index (χ4n) is 1.38. The number of benzene rings is 1. The van der Waals surface area contributed by atoms with E-state index >= 15 is 0 Å². The van der Waals surface area contributed by atoms with Crippen molar-refractivity contribution in [3.05, 3.63) is 41.7 Å². The van der Waals surface area contributed by atoms with E-state index in [1.165, 1.54) is 10.9 Å². The summed E-state index contributed by atoms with van der Waals surface area (Å²) in [5.41, 5.74) is 0.910. The van der Waals surface area contributed by atoms with Gasteiger partial charge in [0.2, 0.25) is 0 Å². The molecule has 0 bridgehead atoms. The number of carbonyl (C=O) groups is 1. The number of aryl methyl sites for hydroxylation is 1. The first-order chi connectivity index (χ1) is 8.16. The van der Waals surface area contributed by atoms with Crippen LogP contribution in [-0.2, 0) is 13.6 Å². The Hall–Kier alpha value is -2.37. The quantitative estimate of drug-likeness (QED) is 0.805.